The Labute approximate surface area is 398 Å². The maximum Gasteiger partial charge on any atom is 0.115 e. The van der Waals surface area contributed by atoms with E-state index in [9.17, 15) is 0 Å². The highest BCUT2D eigenvalue weighted by Gasteiger charge is 2.26. The van der Waals surface area contributed by atoms with Crippen LogP contribution in [0.25, 0.3) is 110 Å². The highest BCUT2D eigenvalue weighted by molar-refractivity contribution is 6.69. The number of fused-ring (bicyclic) bond motifs is 7. The van der Waals surface area contributed by atoms with Crippen molar-refractivity contribution in [3.05, 3.63) is 188 Å². The van der Waals surface area contributed by atoms with Crippen molar-refractivity contribution in [2.24, 2.45) is 0 Å². The van der Waals surface area contributed by atoms with Gasteiger partial charge in [0, 0.05) is 38.4 Å². The van der Waals surface area contributed by atoms with Crippen molar-refractivity contribution < 1.29 is 0 Å². The molecule has 14 radical (unpaired) electrons. The van der Waals surface area contributed by atoms with Crippen LogP contribution in [-0.4, -0.2) is 64.1 Å². The smallest absolute Gasteiger partial charge is 0.115 e. The van der Waals surface area contributed by atoms with Crippen LogP contribution in [0.15, 0.2) is 188 Å². The van der Waals surface area contributed by atoms with Crippen molar-refractivity contribution in [3.8, 4) is 55.9 Å². The molecule has 0 saturated carbocycles. The number of aromatic nitrogens is 2. The average molecular weight is 832 g/mol. The molecule has 2 heterocycles. The summed E-state index contributed by atoms with van der Waals surface area (Å²) in [5.74, 6) is 0. The zero-order valence-electron chi connectivity index (χ0n) is 36.3. The highest BCUT2D eigenvalue weighted by atomic mass is 15.0. The van der Waals surface area contributed by atoms with Crippen molar-refractivity contribution in [1.82, 2.24) is 9.13 Å². The number of hydrogen-bond acceptors (Lipinski definition) is 0. The fourth-order valence-corrected chi connectivity index (χ4v) is 10.4. The molecule has 2 nitrogen and oxygen atoms in total. The summed E-state index contributed by atoms with van der Waals surface area (Å²) in [5, 5.41) is 5.54. The van der Waals surface area contributed by atoms with Gasteiger partial charge in [-0.2, -0.15) is 0 Å². The van der Waals surface area contributed by atoms with Crippen LogP contribution in [0.3, 0.4) is 0 Å². The minimum atomic E-state index is 0.171. The quantitative estimate of drug-likeness (QED) is 0.156. The summed E-state index contributed by atoms with van der Waals surface area (Å²) in [7, 11) is 49.2. The zero-order valence-corrected chi connectivity index (χ0v) is 36.3. The lowest BCUT2D eigenvalue weighted by molar-refractivity contribution is 1.18. The van der Waals surface area contributed by atoms with Gasteiger partial charge >= 0.3 is 0 Å². The summed E-state index contributed by atoms with van der Waals surface area (Å²) in [4.78, 5) is 0. The minimum Gasteiger partial charge on any atom is -0.311 e. The van der Waals surface area contributed by atoms with Crippen LogP contribution in [0.4, 0.5) is 0 Å². The fraction of sp³-hybridized carbons (Fsp3) is 0. The number of nitrogens with zero attached hydrogens (tertiary/aromatic N) is 2. The molecular weight excluding hydrogens is 800 g/mol. The molecule has 2 aromatic heterocycles. The molecule has 0 unspecified atom stereocenters. The van der Waals surface area contributed by atoms with Crippen molar-refractivity contribution in [3.63, 3.8) is 0 Å². The molecule has 9 heteroatoms. The average Bonchev–Trinajstić information content (AvgIpc) is 3.91. The predicted molar refractivity (Wildman–Crippen MR) is 292 cm³/mol. The fourth-order valence-electron chi connectivity index (χ4n) is 10.4. The zero-order chi connectivity index (χ0) is 45.7. The molecule has 67 heavy (non-hydrogen) atoms. The highest BCUT2D eigenvalue weighted by Crippen LogP contribution is 2.42. The molecule has 0 aliphatic rings. The van der Waals surface area contributed by atoms with Crippen molar-refractivity contribution >= 4 is 148 Å². The Morgan fingerprint density at radius 1 is 0.299 bits per heavy atom. The molecule has 294 valence electrons. The first-order valence-corrected chi connectivity index (χ1v) is 22.1. The van der Waals surface area contributed by atoms with Gasteiger partial charge in [0.2, 0.25) is 0 Å². The van der Waals surface area contributed by atoms with E-state index in [0.717, 1.165) is 82.9 Å². The summed E-state index contributed by atoms with van der Waals surface area (Å²) in [6.45, 7) is 0. The Bertz CT molecular complexity index is 3980. The summed E-state index contributed by atoms with van der Waals surface area (Å²) in [5.41, 5.74) is 14.8. The summed E-state index contributed by atoms with van der Waals surface area (Å²) in [6.07, 6.45) is 0. The number of rotatable bonds is 6. The molecule has 0 fully saturated rings. The number of para-hydroxylation sites is 1. The van der Waals surface area contributed by atoms with E-state index < -0.39 is 0 Å². The van der Waals surface area contributed by atoms with Gasteiger partial charge in [-0.1, -0.05) is 179 Å². The molecule has 0 atom stereocenters. The topological polar surface area (TPSA) is 9.86 Å². The van der Waals surface area contributed by atoms with E-state index in [0.29, 0.717) is 43.8 Å². The minimum absolute atomic E-state index is 0.171. The Balaban J connectivity index is 1.13. The molecule has 12 aromatic rings. The molecule has 0 bridgehead atoms. The molecule has 0 spiro atoms. The van der Waals surface area contributed by atoms with Gasteiger partial charge in [0.1, 0.15) is 54.9 Å². The number of hydrogen-bond donors (Lipinski definition) is 0. The van der Waals surface area contributed by atoms with E-state index in [-0.39, 0.29) is 21.9 Å². The van der Waals surface area contributed by atoms with E-state index in [2.05, 4.69) is 162 Å². The van der Waals surface area contributed by atoms with Gasteiger partial charge in [-0.15, -0.1) is 10.9 Å². The maximum absolute atomic E-state index is 7.47. The van der Waals surface area contributed by atoms with Crippen LogP contribution in [0.2, 0.25) is 0 Å². The number of benzene rings is 10. The second kappa shape index (κ2) is 15.8. The second-order valence-corrected chi connectivity index (χ2v) is 17.1. The second-order valence-electron chi connectivity index (χ2n) is 17.1. The summed E-state index contributed by atoms with van der Waals surface area (Å²) < 4.78 is 4.31. The monoisotopic (exact) mass is 832 g/mol. The van der Waals surface area contributed by atoms with Crippen LogP contribution in [0, 0.1) is 0 Å². The first-order chi connectivity index (χ1) is 32.7. The Morgan fingerprint density at radius 2 is 0.836 bits per heavy atom. The van der Waals surface area contributed by atoms with E-state index in [1.807, 2.05) is 34.9 Å². The maximum atomic E-state index is 7.47. The molecule has 0 aliphatic heterocycles. The third-order valence-electron chi connectivity index (χ3n) is 13.5. The lowest BCUT2D eigenvalue weighted by atomic mass is 9.64. The van der Waals surface area contributed by atoms with Crippen LogP contribution >= 0.6 is 0 Å². The van der Waals surface area contributed by atoms with Crippen LogP contribution in [0.1, 0.15) is 0 Å². The third kappa shape index (κ3) is 6.21. The SMILES string of the molecule is [B]c1c([B])c([B])c2c(c1[B])c1c([B])c(-c3ccc4c(c3)c3c(-c5ccccc5)cccc3n4-c3ccccc3-c3ccccc3)c([B])c([B])c1n2-c1ccc(-c2cccc3ccccc23)cc1. The standard InChI is InChI=1S/C58H31B7N2/c59-50-46(36-27-30-44-42(31-36)47-41(34-15-5-2-6-16-34)22-12-24-45(47)67(44)43-23-10-9-20-40(43)33-13-3-1-4-14-33)51(60)55(64)57-48(50)49-52(61)53(62)54(63)56(65)58(49)66(57)37-28-25-35(26-29-37)39-21-11-18-32-17-7-8-19-38(32)39/h1-31H. The molecule has 0 aliphatic carbocycles. The lowest BCUT2D eigenvalue weighted by Crippen LogP contribution is -2.48. The first-order valence-electron chi connectivity index (χ1n) is 22.1. The molecule has 0 amide bonds. The van der Waals surface area contributed by atoms with Crippen LogP contribution in [0.5, 0.6) is 0 Å². The molecule has 0 saturated heterocycles. The molecule has 12 rings (SSSR count). The normalized spacial score (nSPS) is 11.7. The third-order valence-corrected chi connectivity index (χ3v) is 13.5. The Kier molecular flexibility index (Phi) is 9.69. The summed E-state index contributed by atoms with van der Waals surface area (Å²) in [6, 6.07) is 65.2. The van der Waals surface area contributed by atoms with Gasteiger partial charge in [-0.05, 0) is 91.5 Å². The van der Waals surface area contributed by atoms with E-state index in [1.54, 1.807) is 0 Å². The summed E-state index contributed by atoms with van der Waals surface area (Å²) >= 11 is 0. The van der Waals surface area contributed by atoms with Gasteiger partial charge in [0.25, 0.3) is 0 Å². The van der Waals surface area contributed by atoms with E-state index in [1.165, 1.54) is 0 Å². The van der Waals surface area contributed by atoms with Gasteiger partial charge in [-0.25, -0.2) is 0 Å². The predicted octanol–water partition coefficient (Wildman–Crippen LogP) is 7.26. The molecule has 0 N–H and O–H groups in total. The van der Waals surface area contributed by atoms with Gasteiger partial charge in [-0.3, -0.25) is 0 Å². The van der Waals surface area contributed by atoms with Gasteiger partial charge < -0.3 is 9.13 Å². The van der Waals surface area contributed by atoms with Gasteiger partial charge in [0.05, 0.1) is 16.7 Å². The first kappa shape index (κ1) is 41.0. The molecule has 10 aromatic carbocycles. The van der Waals surface area contributed by atoms with Gasteiger partial charge in [0.15, 0.2) is 0 Å². The van der Waals surface area contributed by atoms with E-state index in [4.69, 9.17) is 54.9 Å². The van der Waals surface area contributed by atoms with Crippen molar-refractivity contribution in [1.29, 1.82) is 0 Å². The Hall–Kier alpha value is -7.49. The van der Waals surface area contributed by atoms with Crippen molar-refractivity contribution in [2.75, 3.05) is 0 Å². The largest absolute Gasteiger partial charge is 0.311 e. The lowest BCUT2D eigenvalue weighted by Gasteiger charge is -2.19. The Morgan fingerprint density at radius 3 is 1.58 bits per heavy atom. The van der Waals surface area contributed by atoms with Crippen molar-refractivity contribution in [2.45, 2.75) is 0 Å². The molecular formula is C58H31B7N2. The van der Waals surface area contributed by atoms with Crippen LogP contribution in [-0.2, 0) is 0 Å². The van der Waals surface area contributed by atoms with E-state index >= 15 is 0 Å². The van der Waals surface area contributed by atoms with Crippen LogP contribution < -0.4 is 38.2 Å².